The third-order valence-corrected chi connectivity index (χ3v) is 9.04. The smallest absolute Gasteiger partial charge is 0.325 e. The SMILES string of the molecule is O=C1O[C@@H](c2ccccc2)[C@@H](c2ccccc2)N2[C@@H](c3ccc(OCCO)cc3)[C@]3(C(=O)Nc4ccccc43)[C@@H](C(=O)O)[C@H]12. The van der Waals surface area contributed by atoms with Gasteiger partial charge in [0.05, 0.1) is 18.7 Å². The van der Waals surface area contributed by atoms with Gasteiger partial charge in [0.15, 0.2) is 0 Å². The fourth-order valence-electron chi connectivity index (χ4n) is 7.44. The molecule has 222 valence electrons. The summed E-state index contributed by atoms with van der Waals surface area (Å²) in [6.45, 7) is -0.0413. The lowest BCUT2D eigenvalue weighted by atomic mass is 9.65. The van der Waals surface area contributed by atoms with E-state index in [1.165, 1.54) is 0 Å². The molecule has 0 radical (unpaired) electrons. The Morgan fingerprint density at radius 1 is 0.818 bits per heavy atom. The van der Waals surface area contributed by atoms with Gasteiger partial charge in [0, 0.05) is 5.69 Å². The Morgan fingerprint density at radius 3 is 2.11 bits per heavy atom. The van der Waals surface area contributed by atoms with Gasteiger partial charge in [0.2, 0.25) is 5.91 Å². The Bertz CT molecular complexity index is 1710. The molecule has 7 rings (SSSR count). The van der Waals surface area contributed by atoms with Crippen molar-refractivity contribution in [3.63, 3.8) is 0 Å². The predicted octanol–water partition coefficient (Wildman–Crippen LogP) is 4.41. The lowest BCUT2D eigenvalue weighted by Crippen LogP contribution is -2.52. The maximum Gasteiger partial charge on any atom is 0.325 e. The first-order valence-corrected chi connectivity index (χ1v) is 14.5. The van der Waals surface area contributed by atoms with Crippen molar-refractivity contribution in [2.45, 2.75) is 29.6 Å². The molecule has 44 heavy (non-hydrogen) atoms. The molecule has 4 aromatic rings. The number of hydrogen-bond donors (Lipinski definition) is 3. The predicted molar refractivity (Wildman–Crippen MR) is 160 cm³/mol. The highest BCUT2D eigenvalue weighted by Crippen LogP contribution is 2.64. The van der Waals surface area contributed by atoms with Crippen LogP contribution < -0.4 is 10.1 Å². The van der Waals surface area contributed by atoms with Crippen molar-refractivity contribution in [3.05, 3.63) is 131 Å². The van der Waals surface area contributed by atoms with Gasteiger partial charge in [-0.1, -0.05) is 91.0 Å². The van der Waals surface area contributed by atoms with Gasteiger partial charge >= 0.3 is 11.9 Å². The molecule has 9 heteroatoms. The van der Waals surface area contributed by atoms with Crippen LogP contribution in [-0.4, -0.2) is 52.2 Å². The summed E-state index contributed by atoms with van der Waals surface area (Å²) in [6.07, 6.45) is -0.777. The number of carbonyl (C=O) groups excluding carboxylic acids is 2. The highest BCUT2D eigenvalue weighted by molar-refractivity contribution is 6.11. The summed E-state index contributed by atoms with van der Waals surface area (Å²) in [4.78, 5) is 43.9. The zero-order valence-corrected chi connectivity index (χ0v) is 23.6. The van der Waals surface area contributed by atoms with Crippen molar-refractivity contribution in [1.82, 2.24) is 4.90 Å². The fraction of sp³-hybridized carbons (Fsp3) is 0.229. The van der Waals surface area contributed by atoms with Crippen LogP contribution in [0.4, 0.5) is 5.69 Å². The molecule has 3 N–H and O–H groups in total. The van der Waals surface area contributed by atoms with Crippen LogP contribution in [0.2, 0.25) is 0 Å². The minimum absolute atomic E-state index is 0.110. The number of morpholine rings is 1. The number of amides is 1. The summed E-state index contributed by atoms with van der Waals surface area (Å²) in [5.74, 6) is -3.39. The van der Waals surface area contributed by atoms with E-state index in [1.54, 1.807) is 48.5 Å². The summed E-state index contributed by atoms with van der Waals surface area (Å²) in [6, 6.07) is 30.3. The number of esters is 1. The van der Waals surface area contributed by atoms with Crippen LogP contribution in [0.5, 0.6) is 5.75 Å². The van der Waals surface area contributed by atoms with Gasteiger partial charge in [0.25, 0.3) is 0 Å². The van der Waals surface area contributed by atoms with Crippen LogP contribution in [0.25, 0.3) is 0 Å². The molecule has 1 amide bonds. The van der Waals surface area contributed by atoms with E-state index < -0.39 is 53.4 Å². The molecule has 1 spiro atoms. The van der Waals surface area contributed by atoms with Gasteiger partial charge in [-0.2, -0.15) is 0 Å². The average Bonchev–Trinajstić information content (AvgIpc) is 3.53. The number of rotatable bonds is 7. The van der Waals surface area contributed by atoms with E-state index in [2.05, 4.69) is 5.32 Å². The van der Waals surface area contributed by atoms with E-state index in [0.717, 1.165) is 11.1 Å². The van der Waals surface area contributed by atoms with Crippen LogP contribution in [0.3, 0.4) is 0 Å². The van der Waals surface area contributed by atoms with E-state index in [9.17, 15) is 24.6 Å². The van der Waals surface area contributed by atoms with Gasteiger partial charge in [-0.05, 0) is 40.5 Å². The molecule has 6 atom stereocenters. The maximum absolute atomic E-state index is 14.4. The number of benzene rings is 4. The van der Waals surface area contributed by atoms with E-state index in [0.29, 0.717) is 22.6 Å². The topological polar surface area (TPSA) is 125 Å². The molecular weight excluding hydrogens is 560 g/mol. The molecule has 2 fully saturated rings. The third-order valence-electron chi connectivity index (χ3n) is 9.04. The molecule has 0 bridgehead atoms. The molecule has 0 aromatic heterocycles. The van der Waals surface area contributed by atoms with Crippen molar-refractivity contribution >= 4 is 23.5 Å². The number of fused-ring (bicyclic) bond motifs is 3. The zero-order valence-electron chi connectivity index (χ0n) is 23.6. The first-order chi connectivity index (χ1) is 21.5. The monoisotopic (exact) mass is 590 g/mol. The first-order valence-electron chi connectivity index (χ1n) is 14.5. The molecule has 3 aliphatic heterocycles. The molecule has 4 aromatic carbocycles. The number of nitrogens with one attached hydrogen (secondary N) is 1. The van der Waals surface area contributed by atoms with Gasteiger partial charge in [0.1, 0.15) is 35.8 Å². The van der Waals surface area contributed by atoms with Gasteiger partial charge in [-0.25, -0.2) is 0 Å². The van der Waals surface area contributed by atoms with E-state index >= 15 is 0 Å². The number of hydrogen-bond acceptors (Lipinski definition) is 7. The number of carbonyl (C=O) groups is 3. The quantitative estimate of drug-likeness (QED) is 0.270. The minimum atomic E-state index is -1.67. The summed E-state index contributed by atoms with van der Waals surface area (Å²) < 4.78 is 11.8. The van der Waals surface area contributed by atoms with Crippen molar-refractivity contribution in [3.8, 4) is 5.75 Å². The summed E-state index contributed by atoms with van der Waals surface area (Å²) in [5.41, 5.74) is 1.58. The second-order valence-corrected chi connectivity index (χ2v) is 11.2. The Balaban J connectivity index is 1.52. The van der Waals surface area contributed by atoms with Crippen LogP contribution in [-0.2, 0) is 24.5 Å². The van der Waals surface area contributed by atoms with Gasteiger partial charge in [-0.3, -0.25) is 19.3 Å². The number of cyclic esters (lactones) is 1. The number of carboxylic acid groups (broad SMARTS) is 1. The molecule has 2 saturated heterocycles. The molecule has 3 heterocycles. The Hall–Kier alpha value is -4.99. The largest absolute Gasteiger partial charge is 0.491 e. The standard InChI is InChI=1S/C35H30N2O7/c38-19-20-43-24-17-15-23(16-18-24)31-35(25-13-7-8-14-26(25)36-34(35)42)27(32(39)40)29-33(41)44-30(22-11-5-2-6-12-22)28(37(29)31)21-9-3-1-4-10-21/h1-18,27-31,38H,19-20H2,(H,36,42)(H,39,40)/t27-,28-,29-,30+,31+,35-/m1/s1. The lowest BCUT2D eigenvalue weighted by molar-refractivity contribution is -0.179. The Morgan fingerprint density at radius 2 is 1.45 bits per heavy atom. The number of para-hydroxylation sites is 1. The van der Waals surface area contributed by atoms with E-state index in [-0.39, 0.29) is 13.2 Å². The van der Waals surface area contributed by atoms with Crippen LogP contribution in [0.15, 0.2) is 109 Å². The van der Waals surface area contributed by atoms with E-state index in [1.807, 2.05) is 65.6 Å². The highest BCUT2D eigenvalue weighted by Gasteiger charge is 2.74. The number of carboxylic acids is 1. The Labute approximate surface area is 253 Å². The number of ether oxygens (including phenoxy) is 2. The second kappa shape index (κ2) is 10.9. The normalized spacial score (nSPS) is 27.3. The van der Waals surface area contributed by atoms with Gasteiger partial charge in [-0.15, -0.1) is 0 Å². The molecular formula is C35H30N2O7. The summed E-state index contributed by atoms with van der Waals surface area (Å²) >= 11 is 0. The van der Waals surface area contributed by atoms with Crippen molar-refractivity contribution < 1.29 is 34.1 Å². The van der Waals surface area contributed by atoms with Crippen molar-refractivity contribution in [2.24, 2.45) is 5.92 Å². The molecule has 0 unspecified atom stereocenters. The number of aliphatic hydroxyl groups excluding tert-OH is 1. The third kappa shape index (κ3) is 4.11. The molecule has 9 nitrogen and oxygen atoms in total. The maximum atomic E-state index is 14.4. The highest BCUT2D eigenvalue weighted by atomic mass is 16.6. The van der Waals surface area contributed by atoms with Crippen LogP contribution in [0.1, 0.15) is 40.4 Å². The number of anilines is 1. The molecule has 3 aliphatic rings. The number of aliphatic hydroxyl groups is 1. The molecule has 0 saturated carbocycles. The summed E-state index contributed by atoms with van der Waals surface area (Å²) in [5, 5.41) is 23.1. The molecule has 0 aliphatic carbocycles. The van der Waals surface area contributed by atoms with E-state index in [4.69, 9.17) is 9.47 Å². The van der Waals surface area contributed by atoms with Crippen LogP contribution in [0, 0.1) is 5.92 Å². The zero-order chi connectivity index (χ0) is 30.4. The lowest BCUT2D eigenvalue weighted by Gasteiger charge is -2.46. The first kappa shape index (κ1) is 27.8. The minimum Gasteiger partial charge on any atom is -0.491 e. The number of aliphatic carboxylic acids is 1. The second-order valence-electron chi connectivity index (χ2n) is 11.2. The van der Waals surface area contributed by atoms with Gasteiger partial charge < -0.3 is 25.0 Å². The summed E-state index contributed by atoms with van der Waals surface area (Å²) in [7, 11) is 0. The number of nitrogens with zero attached hydrogens (tertiary/aromatic N) is 1. The van der Waals surface area contributed by atoms with Crippen molar-refractivity contribution in [1.29, 1.82) is 0 Å². The van der Waals surface area contributed by atoms with Crippen LogP contribution >= 0.6 is 0 Å². The Kier molecular flexibility index (Phi) is 6.91. The van der Waals surface area contributed by atoms with Crippen molar-refractivity contribution in [2.75, 3.05) is 18.5 Å². The average molecular weight is 591 g/mol. The fourth-order valence-corrected chi connectivity index (χ4v) is 7.44.